The zero-order chi connectivity index (χ0) is 16.2. The van der Waals surface area contributed by atoms with E-state index in [2.05, 4.69) is 10.00 Å². The van der Waals surface area contributed by atoms with Crippen LogP contribution < -0.4 is 0 Å². The smallest absolute Gasteiger partial charge is 0.100 e. The van der Waals surface area contributed by atoms with Gasteiger partial charge < -0.3 is 14.2 Å². The summed E-state index contributed by atoms with van der Waals surface area (Å²) < 4.78 is 19.9. The fourth-order valence-corrected chi connectivity index (χ4v) is 4.42. The highest BCUT2D eigenvalue weighted by molar-refractivity contribution is 5.00. The molecule has 0 amide bonds. The molecule has 3 aliphatic rings. The number of aromatic nitrogens is 2. The average molecular weight is 335 g/mol. The molecule has 1 aromatic rings. The quantitative estimate of drug-likeness (QED) is 0.741. The van der Waals surface area contributed by atoms with Crippen molar-refractivity contribution >= 4 is 0 Å². The van der Waals surface area contributed by atoms with Gasteiger partial charge in [-0.05, 0) is 38.2 Å². The van der Waals surface area contributed by atoms with E-state index in [1.807, 2.05) is 23.1 Å². The van der Waals surface area contributed by atoms with Crippen molar-refractivity contribution in [2.75, 3.05) is 33.0 Å². The van der Waals surface area contributed by atoms with Crippen LogP contribution in [0.3, 0.4) is 0 Å². The summed E-state index contributed by atoms with van der Waals surface area (Å²) in [5.74, 6) is 0. The predicted octanol–water partition coefficient (Wildman–Crippen LogP) is 1.70. The molecule has 1 aromatic heterocycles. The third-order valence-corrected chi connectivity index (χ3v) is 5.60. The van der Waals surface area contributed by atoms with Gasteiger partial charge >= 0.3 is 0 Å². The second kappa shape index (κ2) is 7.95. The van der Waals surface area contributed by atoms with Crippen LogP contribution in [0.4, 0.5) is 0 Å². The molecule has 3 aliphatic heterocycles. The van der Waals surface area contributed by atoms with Gasteiger partial charge in [0.25, 0.3) is 0 Å². The topological polar surface area (TPSA) is 48.8 Å². The summed E-state index contributed by atoms with van der Waals surface area (Å²) in [6.45, 7) is 5.39. The van der Waals surface area contributed by atoms with Gasteiger partial charge in [-0.3, -0.25) is 9.58 Å². The Balaban J connectivity index is 1.30. The van der Waals surface area contributed by atoms with Crippen LogP contribution in [0, 0.1) is 0 Å². The molecule has 3 fully saturated rings. The number of rotatable bonds is 6. The first-order chi connectivity index (χ1) is 11.9. The Morgan fingerprint density at radius 1 is 1.17 bits per heavy atom. The van der Waals surface area contributed by atoms with E-state index < -0.39 is 0 Å². The van der Waals surface area contributed by atoms with Crippen LogP contribution in [0.2, 0.25) is 0 Å². The molecule has 0 spiro atoms. The van der Waals surface area contributed by atoms with Crippen molar-refractivity contribution in [1.29, 1.82) is 0 Å². The summed E-state index contributed by atoms with van der Waals surface area (Å²) in [5.41, 5.74) is 0. The second-order valence-electron chi connectivity index (χ2n) is 7.12. The lowest BCUT2D eigenvalue weighted by Gasteiger charge is -2.38. The van der Waals surface area contributed by atoms with Crippen molar-refractivity contribution in [3.05, 3.63) is 18.5 Å². The molecule has 4 rings (SSSR count). The van der Waals surface area contributed by atoms with Gasteiger partial charge in [-0.2, -0.15) is 5.10 Å². The Bertz CT molecular complexity index is 490. The first kappa shape index (κ1) is 16.5. The highest BCUT2D eigenvalue weighted by Crippen LogP contribution is 2.34. The highest BCUT2D eigenvalue weighted by atomic mass is 16.5. The van der Waals surface area contributed by atoms with Gasteiger partial charge in [0.15, 0.2) is 0 Å². The Morgan fingerprint density at radius 3 is 2.92 bits per heavy atom. The van der Waals surface area contributed by atoms with Gasteiger partial charge in [-0.15, -0.1) is 0 Å². The molecule has 6 heteroatoms. The molecule has 0 radical (unpaired) electrons. The van der Waals surface area contributed by atoms with E-state index >= 15 is 0 Å². The molecule has 4 heterocycles. The summed E-state index contributed by atoms with van der Waals surface area (Å²) in [6.07, 6.45) is 10.0. The molecular weight excluding hydrogens is 306 g/mol. The minimum atomic E-state index is 0.218. The lowest BCUT2D eigenvalue weighted by molar-refractivity contribution is -0.0806. The maximum Gasteiger partial charge on any atom is 0.100 e. The van der Waals surface area contributed by atoms with Crippen molar-refractivity contribution in [1.82, 2.24) is 14.7 Å². The minimum Gasteiger partial charge on any atom is -0.381 e. The Labute approximate surface area is 144 Å². The van der Waals surface area contributed by atoms with Crippen LogP contribution in [-0.2, 0) is 20.8 Å². The van der Waals surface area contributed by atoms with E-state index in [0.717, 1.165) is 58.8 Å². The lowest BCUT2D eigenvalue weighted by Crippen LogP contribution is -2.47. The first-order valence-corrected chi connectivity index (χ1v) is 9.46. The van der Waals surface area contributed by atoms with E-state index in [1.165, 1.54) is 12.8 Å². The third kappa shape index (κ3) is 3.67. The van der Waals surface area contributed by atoms with Gasteiger partial charge in [-0.25, -0.2) is 0 Å². The molecule has 0 N–H and O–H groups in total. The van der Waals surface area contributed by atoms with Crippen LogP contribution in [-0.4, -0.2) is 71.9 Å². The number of hydrogen-bond acceptors (Lipinski definition) is 5. The molecule has 0 unspecified atom stereocenters. The van der Waals surface area contributed by atoms with Gasteiger partial charge in [0.1, 0.15) is 6.10 Å². The summed E-state index contributed by atoms with van der Waals surface area (Å²) in [5, 5.41) is 4.24. The van der Waals surface area contributed by atoms with Crippen molar-refractivity contribution < 1.29 is 14.2 Å². The van der Waals surface area contributed by atoms with Gasteiger partial charge in [0.05, 0.1) is 6.10 Å². The summed E-state index contributed by atoms with van der Waals surface area (Å²) >= 11 is 0. The second-order valence-corrected chi connectivity index (χ2v) is 7.12. The normalized spacial score (nSPS) is 32.1. The largest absolute Gasteiger partial charge is 0.381 e. The van der Waals surface area contributed by atoms with E-state index in [1.54, 1.807) is 0 Å². The number of likely N-dealkylation sites (tertiary alicyclic amines) is 1. The molecule has 0 aromatic carbocycles. The van der Waals surface area contributed by atoms with Crippen LogP contribution >= 0.6 is 0 Å². The molecule has 6 nitrogen and oxygen atoms in total. The fraction of sp³-hybridized carbons (Fsp3) is 0.833. The van der Waals surface area contributed by atoms with Gasteiger partial charge in [0, 0.05) is 64.0 Å². The van der Waals surface area contributed by atoms with Gasteiger partial charge in [-0.1, -0.05) is 0 Å². The zero-order valence-electron chi connectivity index (χ0n) is 14.4. The van der Waals surface area contributed by atoms with Crippen LogP contribution in [0.5, 0.6) is 0 Å². The maximum absolute atomic E-state index is 6.25. The van der Waals surface area contributed by atoms with Crippen LogP contribution in [0.1, 0.15) is 32.1 Å². The minimum absolute atomic E-state index is 0.218. The Morgan fingerprint density at radius 2 is 2.08 bits per heavy atom. The number of fused-ring (bicyclic) bond motifs is 1. The molecule has 3 saturated heterocycles. The first-order valence-electron chi connectivity index (χ1n) is 9.46. The SMILES string of the molecule is c1cnn(CCCO[C@@H]2CN(C3CCOCC3)[C@H]3CCCO[C@@H]23)c1. The maximum atomic E-state index is 6.25. The number of nitrogens with zero attached hydrogens (tertiary/aromatic N) is 3. The zero-order valence-corrected chi connectivity index (χ0v) is 14.4. The fourth-order valence-electron chi connectivity index (χ4n) is 4.42. The van der Waals surface area contributed by atoms with E-state index in [0.29, 0.717) is 12.1 Å². The van der Waals surface area contributed by atoms with Crippen molar-refractivity contribution in [3.63, 3.8) is 0 Å². The molecule has 3 atom stereocenters. The molecule has 0 bridgehead atoms. The van der Waals surface area contributed by atoms with Crippen LogP contribution in [0.25, 0.3) is 0 Å². The summed E-state index contributed by atoms with van der Waals surface area (Å²) in [6, 6.07) is 3.15. The summed E-state index contributed by atoms with van der Waals surface area (Å²) in [4.78, 5) is 2.67. The Hall–Kier alpha value is -0.950. The standard InChI is InChI=1S/C18H29N3O3/c1-4-16-18(24-10-1)17(14-21(16)15-5-12-22-13-6-15)23-11-3-9-20-8-2-7-19-20/h2,7-8,15-18H,1,3-6,9-14H2/t16-,17+,18+/m0/s1. The molecule has 0 saturated carbocycles. The van der Waals surface area contributed by atoms with E-state index in [9.17, 15) is 0 Å². The molecular formula is C18H29N3O3. The van der Waals surface area contributed by atoms with E-state index in [4.69, 9.17) is 14.2 Å². The number of ether oxygens (including phenoxy) is 3. The van der Waals surface area contributed by atoms with Crippen LogP contribution in [0.15, 0.2) is 18.5 Å². The molecule has 134 valence electrons. The lowest BCUT2D eigenvalue weighted by atomic mass is 9.99. The van der Waals surface area contributed by atoms with Crippen molar-refractivity contribution in [3.8, 4) is 0 Å². The number of hydrogen-bond donors (Lipinski definition) is 0. The highest BCUT2D eigenvalue weighted by Gasteiger charge is 2.46. The Kier molecular flexibility index (Phi) is 5.47. The van der Waals surface area contributed by atoms with Crippen molar-refractivity contribution in [2.45, 2.75) is 62.9 Å². The number of aryl methyl sites for hydroxylation is 1. The third-order valence-electron chi connectivity index (χ3n) is 5.60. The molecule has 0 aliphatic carbocycles. The monoisotopic (exact) mass is 335 g/mol. The average Bonchev–Trinajstić information content (AvgIpc) is 3.28. The molecule has 24 heavy (non-hydrogen) atoms. The van der Waals surface area contributed by atoms with Crippen molar-refractivity contribution in [2.24, 2.45) is 0 Å². The van der Waals surface area contributed by atoms with Gasteiger partial charge in [0.2, 0.25) is 0 Å². The summed E-state index contributed by atoms with van der Waals surface area (Å²) in [7, 11) is 0. The van der Waals surface area contributed by atoms with E-state index in [-0.39, 0.29) is 12.2 Å². The predicted molar refractivity (Wildman–Crippen MR) is 89.9 cm³/mol.